The monoisotopic (exact) mass is 353 g/mol. The van der Waals surface area contributed by atoms with Crippen molar-refractivity contribution in [1.29, 1.82) is 0 Å². The first-order chi connectivity index (χ1) is 12.6. The highest BCUT2D eigenvalue weighted by Crippen LogP contribution is 2.34. The summed E-state index contributed by atoms with van der Waals surface area (Å²) in [6.07, 6.45) is -0.0319. The lowest BCUT2D eigenvalue weighted by Crippen LogP contribution is -2.04. The number of esters is 1. The van der Waals surface area contributed by atoms with Crippen LogP contribution in [-0.4, -0.2) is 32.3 Å². The van der Waals surface area contributed by atoms with Gasteiger partial charge in [0.2, 0.25) is 5.89 Å². The van der Waals surface area contributed by atoms with Gasteiger partial charge >= 0.3 is 5.97 Å². The van der Waals surface area contributed by atoms with Gasteiger partial charge < -0.3 is 18.6 Å². The third-order valence-corrected chi connectivity index (χ3v) is 3.91. The lowest BCUT2D eigenvalue weighted by molar-refractivity contribution is -0.140. The molecule has 0 N–H and O–H groups in total. The van der Waals surface area contributed by atoms with Gasteiger partial charge in [-0.05, 0) is 48.5 Å². The summed E-state index contributed by atoms with van der Waals surface area (Å²) in [7, 11) is 4.56. The van der Waals surface area contributed by atoms with Crippen LogP contribution >= 0.6 is 0 Å². The van der Waals surface area contributed by atoms with Crippen molar-refractivity contribution >= 4 is 5.97 Å². The van der Waals surface area contributed by atoms with E-state index in [1.807, 2.05) is 48.5 Å². The van der Waals surface area contributed by atoms with E-state index in [4.69, 9.17) is 18.6 Å². The number of hydrogen-bond acceptors (Lipinski definition) is 6. The second-order valence-corrected chi connectivity index (χ2v) is 5.50. The number of nitrogens with zero attached hydrogens (tertiary/aromatic N) is 1. The number of benzene rings is 2. The summed E-state index contributed by atoms with van der Waals surface area (Å²) in [5.41, 5.74) is 2.34. The summed E-state index contributed by atoms with van der Waals surface area (Å²) in [4.78, 5) is 16.1. The fourth-order valence-corrected chi connectivity index (χ4v) is 2.52. The van der Waals surface area contributed by atoms with Crippen LogP contribution in [0.15, 0.2) is 52.9 Å². The van der Waals surface area contributed by atoms with E-state index < -0.39 is 5.97 Å². The van der Waals surface area contributed by atoms with Crippen molar-refractivity contribution in [3.05, 3.63) is 54.4 Å². The summed E-state index contributed by atoms with van der Waals surface area (Å²) >= 11 is 0. The van der Waals surface area contributed by atoms with Crippen molar-refractivity contribution in [2.24, 2.45) is 0 Å². The van der Waals surface area contributed by atoms with Crippen LogP contribution in [0.4, 0.5) is 0 Å². The van der Waals surface area contributed by atoms with Crippen molar-refractivity contribution in [3.63, 3.8) is 0 Å². The molecule has 0 bridgehead atoms. The fraction of sp³-hybridized carbons (Fsp3) is 0.200. The molecule has 3 rings (SSSR count). The van der Waals surface area contributed by atoms with E-state index >= 15 is 0 Å². The van der Waals surface area contributed by atoms with Crippen LogP contribution in [0.5, 0.6) is 11.5 Å². The molecule has 0 radical (unpaired) electrons. The molecular weight excluding hydrogens is 334 g/mol. The molecule has 0 unspecified atom stereocenters. The third kappa shape index (κ3) is 3.69. The number of rotatable bonds is 6. The molecule has 0 saturated carbocycles. The predicted molar refractivity (Wildman–Crippen MR) is 96.2 cm³/mol. The van der Waals surface area contributed by atoms with E-state index in [1.54, 1.807) is 14.2 Å². The lowest BCUT2D eigenvalue weighted by Gasteiger charge is -2.04. The van der Waals surface area contributed by atoms with E-state index in [2.05, 4.69) is 4.98 Å². The van der Waals surface area contributed by atoms with E-state index in [-0.39, 0.29) is 6.42 Å². The molecule has 0 amide bonds. The van der Waals surface area contributed by atoms with Gasteiger partial charge in [-0.1, -0.05) is 0 Å². The number of aromatic nitrogens is 1. The maximum absolute atomic E-state index is 11.6. The van der Waals surface area contributed by atoms with Crippen molar-refractivity contribution in [1.82, 2.24) is 4.98 Å². The number of oxazole rings is 1. The molecule has 2 aromatic carbocycles. The molecule has 26 heavy (non-hydrogen) atoms. The van der Waals surface area contributed by atoms with E-state index in [1.165, 1.54) is 7.11 Å². The zero-order chi connectivity index (χ0) is 18.5. The maximum Gasteiger partial charge on any atom is 0.314 e. The van der Waals surface area contributed by atoms with Crippen LogP contribution < -0.4 is 9.47 Å². The molecule has 6 heteroatoms. The number of hydrogen-bond donors (Lipinski definition) is 0. The molecule has 0 aliphatic rings. The number of ether oxygens (including phenoxy) is 3. The van der Waals surface area contributed by atoms with Crippen molar-refractivity contribution in [3.8, 4) is 34.1 Å². The summed E-state index contributed by atoms with van der Waals surface area (Å²) in [5.74, 6) is 1.96. The minimum absolute atomic E-state index is 0.0319. The zero-order valence-electron chi connectivity index (χ0n) is 14.8. The molecule has 0 aliphatic heterocycles. The predicted octanol–water partition coefficient (Wildman–Crippen LogP) is 3.74. The van der Waals surface area contributed by atoms with Crippen LogP contribution in [0.3, 0.4) is 0 Å². The Kier molecular flexibility index (Phi) is 5.22. The van der Waals surface area contributed by atoms with Crippen LogP contribution in [0.2, 0.25) is 0 Å². The third-order valence-electron chi connectivity index (χ3n) is 3.91. The van der Waals surface area contributed by atoms with E-state index in [0.29, 0.717) is 17.3 Å². The first-order valence-corrected chi connectivity index (χ1v) is 8.00. The molecule has 6 nitrogen and oxygen atoms in total. The molecule has 0 atom stereocenters. The number of carbonyl (C=O) groups excluding carboxylic acids is 1. The van der Waals surface area contributed by atoms with Crippen LogP contribution in [0, 0.1) is 0 Å². The van der Waals surface area contributed by atoms with Crippen molar-refractivity contribution < 1.29 is 23.4 Å². The molecule has 1 heterocycles. The smallest absolute Gasteiger partial charge is 0.314 e. The van der Waals surface area contributed by atoms with Gasteiger partial charge in [0, 0.05) is 11.1 Å². The Bertz CT molecular complexity index is 817. The van der Waals surface area contributed by atoms with Gasteiger partial charge in [-0.15, -0.1) is 0 Å². The lowest BCUT2D eigenvalue weighted by atomic mass is 10.1. The van der Waals surface area contributed by atoms with E-state index in [9.17, 15) is 4.79 Å². The molecular formula is C20H19NO5. The summed E-state index contributed by atoms with van der Waals surface area (Å²) < 4.78 is 21.0. The Morgan fingerprint density at radius 1 is 0.885 bits per heavy atom. The minimum Gasteiger partial charge on any atom is -0.497 e. The molecule has 0 spiro atoms. The Balaban J connectivity index is 2.05. The van der Waals surface area contributed by atoms with Crippen LogP contribution in [0.25, 0.3) is 22.6 Å². The van der Waals surface area contributed by atoms with Gasteiger partial charge in [0.05, 0.1) is 21.3 Å². The average Bonchev–Trinajstić information content (AvgIpc) is 3.11. The Morgan fingerprint density at radius 2 is 1.42 bits per heavy atom. The Hall–Kier alpha value is -3.28. The number of carbonyl (C=O) groups is 1. The van der Waals surface area contributed by atoms with Gasteiger partial charge in [-0.3, -0.25) is 4.79 Å². The maximum atomic E-state index is 11.6. The Labute approximate surface area is 151 Å². The zero-order valence-corrected chi connectivity index (χ0v) is 14.8. The number of methoxy groups -OCH3 is 3. The topological polar surface area (TPSA) is 70.8 Å². The first-order valence-electron chi connectivity index (χ1n) is 8.00. The summed E-state index contributed by atoms with van der Waals surface area (Å²) in [6.45, 7) is 0. The molecule has 134 valence electrons. The Morgan fingerprint density at radius 3 is 1.92 bits per heavy atom. The van der Waals surface area contributed by atoms with Crippen LogP contribution in [0.1, 0.15) is 5.89 Å². The average molecular weight is 353 g/mol. The largest absolute Gasteiger partial charge is 0.497 e. The normalized spacial score (nSPS) is 10.4. The molecule has 3 aromatic rings. The standard InChI is InChI=1S/C20H19NO5/c1-23-15-8-4-13(5-9-15)19-20(14-6-10-16(24-2)11-7-14)26-17(21-19)12-18(22)25-3/h4-11H,12H2,1-3H3. The van der Waals surface area contributed by atoms with Crippen molar-refractivity contribution in [2.75, 3.05) is 21.3 Å². The molecule has 0 aliphatic carbocycles. The highest BCUT2D eigenvalue weighted by Gasteiger charge is 2.19. The molecule has 1 aromatic heterocycles. The minimum atomic E-state index is -0.409. The van der Waals surface area contributed by atoms with Gasteiger partial charge in [0.15, 0.2) is 5.76 Å². The van der Waals surface area contributed by atoms with E-state index in [0.717, 1.165) is 22.6 Å². The fourth-order valence-electron chi connectivity index (χ4n) is 2.52. The SMILES string of the molecule is COC(=O)Cc1nc(-c2ccc(OC)cc2)c(-c2ccc(OC)cc2)o1. The van der Waals surface area contributed by atoms with Gasteiger partial charge in [0.1, 0.15) is 23.6 Å². The van der Waals surface area contributed by atoms with Crippen molar-refractivity contribution in [2.45, 2.75) is 6.42 Å². The summed E-state index contributed by atoms with van der Waals surface area (Å²) in [5, 5.41) is 0. The highest BCUT2D eigenvalue weighted by molar-refractivity contribution is 5.78. The molecule has 0 fully saturated rings. The first kappa shape index (κ1) is 17.5. The highest BCUT2D eigenvalue weighted by atomic mass is 16.5. The summed E-state index contributed by atoms with van der Waals surface area (Å²) in [6, 6.07) is 14.9. The quantitative estimate of drug-likeness (QED) is 0.629. The molecule has 0 saturated heterocycles. The second kappa shape index (κ2) is 7.74. The van der Waals surface area contributed by atoms with Crippen LogP contribution in [-0.2, 0) is 16.0 Å². The van der Waals surface area contributed by atoms with Gasteiger partial charge in [-0.2, -0.15) is 0 Å². The second-order valence-electron chi connectivity index (χ2n) is 5.50. The van der Waals surface area contributed by atoms with Gasteiger partial charge in [0.25, 0.3) is 0 Å². The van der Waals surface area contributed by atoms with Gasteiger partial charge in [-0.25, -0.2) is 4.98 Å².